The molecule has 0 bridgehead atoms. The summed E-state index contributed by atoms with van der Waals surface area (Å²) in [6.07, 6.45) is -1.92. The van der Waals surface area contributed by atoms with Crippen molar-refractivity contribution in [1.29, 1.82) is 0 Å². The molecule has 8 nitrogen and oxygen atoms in total. The lowest BCUT2D eigenvalue weighted by atomic mass is 9.86. The van der Waals surface area contributed by atoms with Crippen molar-refractivity contribution in [2.45, 2.75) is 64.3 Å². The second-order valence-electron chi connectivity index (χ2n) is 9.04. The van der Waals surface area contributed by atoms with Crippen LogP contribution in [0, 0.1) is 0 Å². The molecular weight excluding hydrogens is 422 g/mol. The van der Waals surface area contributed by atoms with Crippen LogP contribution in [0.25, 0.3) is 0 Å². The van der Waals surface area contributed by atoms with Gasteiger partial charge >= 0.3 is 6.09 Å². The Balaban J connectivity index is 2.00. The van der Waals surface area contributed by atoms with E-state index in [0.717, 1.165) is 16.7 Å². The number of aliphatic hydroxyl groups is 1. The lowest BCUT2D eigenvalue weighted by Gasteiger charge is -2.24. The molecule has 0 radical (unpaired) electrons. The van der Waals surface area contributed by atoms with Crippen molar-refractivity contribution in [1.82, 2.24) is 10.6 Å². The summed E-state index contributed by atoms with van der Waals surface area (Å²) in [5.41, 5.74) is 8.21. The smallest absolute Gasteiger partial charge is 0.408 e. The van der Waals surface area contributed by atoms with Crippen molar-refractivity contribution in [2.75, 3.05) is 0 Å². The Kier molecular flexibility index (Phi) is 8.99. The van der Waals surface area contributed by atoms with Gasteiger partial charge in [0.05, 0.1) is 6.10 Å². The van der Waals surface area contributed by atoms with Crippen molar-refractivity contribution < 1.29 is 24.2 Å². The van der Waals surface area contributed by atoms with E-state index in [9.17, 15) is 19.5 Å². The zero-order valence-corrected chi connectivity index (χ0v) is 19.5. The molecule has 2 rings (SSSR count). The Hall–Kier alpha value is -3.39. The highest BCUT2D eigenvalue weighted by Crippen LogP contribution is 2.22. The van der Waals surface area contributed by atoms with E-state index in [2.05, 4.69) is 31.4 Å². The lowest BCUT2D eigenvalue weighted by Crippen LogP contribution is -2.57. The van der Waals surface area contributed by atoms with Gasteiger partial charge in [-0.15, -0.1) is 0 Å². The number of alkyl carbamates (subject to hydrolysis) is 1. The van der Waals surface area contributed by atoms with Gasteiger partial charge in [-0.1, -0.05) is 75.4 Å². The van der Waals surface area contributed by atoms with Gasteiger partial charge < -0.3 is 26.2 Å². The van der Waals surface area contributed by atoms with Crippen LogP contribution in [0.3, 0.4) is 0 Å². The maximum Gasteiger partial charge on any atom is 0.408 e. The first-order chi connectivity index (χ1) is 15.5. The first-order valence-corrected chi connectivity index (χ1v) is 10.8. The van der Waals surface area contributed by atoms with Crippen molar-refractivity contribution in [3.05, 3.63) is 71.3 Å². The first kappa shape index (κ1) is 25.9. The molecular formula is C25H33N3O5. The monoisotopic (exact) mass is 455 g/mol. The van der Waals surface area contributed by atoms with Crippen LogP contribution < -0.4 is 16.4 Å². The van der Waals surface area contributed by atoms with E-state index in [4.69, 9.17) is 10.5 Å². The van der Waals surface area contributed by atoms with Crippen LogP contribution in [-0.2, 0) is 32.8 Å². The maximum absolute atomic E-state index is 12.7. The minimum Gasteiger partial charge on any atom is -0.445 e. The Bertz CT molecular complexity index is 937. The number of ether oxygens (including phenoxy) is 1. The van der Waals surface area contributed by atoms with E-state index >= 15 is 0 Å². The number of carbonyl (C=O) groups excluding carboxylic acids is 3. The van der Waals surface area contributed by atoms with E-state index < -0.39 is 36.1 Å². The van der Waals surface area contributed by atoms with Crippen molar-refractivity contribution >= 4 is 17.9 Å². The topological polar surface area (TPSA) is 131 Å². The SMILES string of the molecule is C[C@@H](O)[C@H](NC(=O)OCc1ccccc1)C(=O)N[C@H](Cc1ccc(C(C)(C)C)cc1)C(N)=O. The fourth-order valence-corrected chi connectivity index (χ4v) is 3.16. The maximum atomic E-state index is 12.7. The molecule has 0 aliphatic heterocycles. The largest absolute Gasteiger partial charge is 0.445 e. The first-order valence-electron chi connectivity index (χ1n) is 10.8. The average molecular weight is 456 g/mol. The quantitative estimate of drug-likeness (QED) is 0.460. The van der Waals surface area contributed by atoms with Gasteiger partial charge in [-0.3, -0.25) is 9.59 Å². The summed E-state index contributed by atoms with van der Waals surface area (Å²) in [6, 6.07) is 14.4. The molecule has 0 heterocycles. The lowest BCUT2D eigenvalue weighted by molar-refractivity contribution is -0.130. The highest BCUT2D eigenvalue weighted by Gasteiger charge is 2.29. The van der Waals surface area contributed by atoms with Gasteiger partial charge in [-0.25, -0.2) is 4.79 Å². The number of nitrogens with two attached hydrogens (primary N) is 1. The molecule has 178 valence electrons. The number of benzene rings is 2. The van der Waals surface area contributed by atoms with E-state index in [1.165, 1.54) is 6.92 Å². The summed E-state index contributed by atoms with van der Waals surface area (Å²) in [5.74, 6) is -1.46. The summed E-state index contributed by atoms with van der Waals surface area (Å²) in [7, 11) is 0. The van der Waals surface area contributed by atoms with Gasteiger partial charge in [0.25, 0.3) is 0 Å². The van der Waals surface area contributed by atoms with Gasteiger partial charge in [0.15, 0.2) is 0 Å². The molecule has 0 aliphatic carbocycles. The zero-order chi connectivity index (χ0) is 24.6. The van der Waals surface area contributed by atoms with Crippen LogP contribution in [0.1, 0.15) is 44.4 Å². The molecule has 0 saturated carbocycles. The van der Waals surface area contributed by atoms with Crippen molar-refractivity contribution in [3.63, 3.8) is 0 Å². The number of aliphatic hydroxyl groups excluding tert-OH is 1. The van der Waals surface area contributed by atoms with Crippen LogP contribution in [0.15, 0.2) is 54.6 Å². The molecule has 0 spiro atoms. The van der Waals surface area contributed by atoms with E-state index in [1.807, 2.05) is 42.5 Å². The number of nitrogens with one attached hydrogen (secondary N) is 2. The van der Waals surface area contributed by atoms with Crippen molar-refractivity contribution in [2.24, 2.45) is 5.73 Å². The molecule has 3 atom stereocenters. The summed E-state index contributed by atoms with van der Waals surface area (Å²) < 4.78 is 5.11. The average Bonchev–Trinajstić information content (AvgIpc) is 2.75. The third-order valence-corrected chi connectivity index (χ3v) is 5.17. The summed E-state index contributed by atoms with van der Waals surface area (Å²) in [4.78, 5) is 36.9. The van der Waals surface area contributed by atoms with E-state index in [0.29, 0.717) is 0 Å². The number of amides is 3. The van der Waals surface area contributed by atoms with Gasteiger partial charge in [0.1, 0.15) is 18.7 Å². The molecule has 0 aliphatic rings. The standard InChI is InChI=1S/C25H33N3O5/c1-16(29)21(28-24(32)33-15-18-8-6-5-7-9-18)23(31)27-20(22(26)30)14-17-10-12-19(13-11-17)25(2,3)4/h5-13,16,20-21,29H,14-15H2,1-4H3,(H2,26,30)(H,27,31)(H,28,32)/t16-,20-,21+/m1/s1. The summed E-state index contributed by atoms with van der Waals surface area (Å²) in [6.45, 7) is 7.66. The van der Waals surface area contributed by atoms with E-state index in [-0.39, 0.29) is 18.4 Å². The number of rotatable bonds is 9. The number of hydrogen-bond acceptors (Lipinski definition) is 5. The summed E-state index contributed by atoms with van der Waals surface area (Å²) >= 11 is 0. The van der Waals surface area contributed by atoms with Crippen molar-refractivity contribution in [3.8, 4) is 0 Å². The van der Waals surface area contributed by atoms with Crippen LogP contribution in [0.2, 0.25) is 0 Å². The third-order valence-electron chi connectivity index (χ3n) is 5.17. The highest BCUT2D eigenvalue weighted by atomic mass is 16.5. The fraction of sp³-hybridized carbons (Fsp3) is 0.400. The highest BCUT2D eigenvalue weighted by molar-refractivity contribution is 5.91. The van der Waals surface area contributed by atoms with Gasteiger partial charge in [0, 0.05) is 6.42 Å². The molecule has 2 aromatic carbocycles. The molecule has 0 unspecified atom stereocenters. The molecule has 33 heavy (non-hydrogen) atoms. The van der Waals surface area contributed by atoms with Gasteiger partial charge in [-0.2, -0.15) is 0 Å². The predicted octanol–water partition coefficient (Wildman–Crippen LogP) is 2.17. The minimum absolute atomic E-state index is 0.00922. The second-order valence-corrected chi connectivity index (χ2v) is 9.04. The molecule has 2 aromatic rings. The molecule has 0 fully saturated rings. The zero-order valence-electron chi connectivity index (χ0n) is 19.5. The minimum atomic E-state index is -1.32. The number of hydrogen-bond donors (Lipinski definition) is 4. The van der Waals surface area contributed by atoms with Crippen LogP contribution in [0.4, 0.5) is 4.79 Å². The molecule has 8 heteroatoms. The normalized spacial score (nSPS) is 14.0. The van der Waals surface area contributed by atoms with Crippen LogP contribution >= 0.6 is 0 Å². The van der Waals surface area contributed by atoms with Gasteiger partial charge in [0.2, 0.25) is 11.8 Å². The molecule has 0 saturated heterocycles. The molecule has 0 aromatic heterocycles. The summed E-state index contributed by atoms with van der Waals surface area (Å²) in [5, 5.41) is 14.9. The van der Waals surface area contributed by atoms with Gasteiger partial charge in [-0.05, 0) is 29.0 Å². The van der Waals surface area contributed by atoms with Crippen LogP contribution in [-0.4, -0.2) is 41.2 Å². The Labute approximate surface area is 194 Å². The Morgan fingerprint density at radius 1 is 0.970 bits per heavy atom. The number of primary amides is 1. The predicted molar refractivity (Wildman–Crippen MR) is 125 cm³/mol. The Morgan fingerprint density at radius 2 is 1.58 bits per heavy atom. The fourth-order valence-electron chi connectivity index (χ4n) is 3.16. The van der Waals surface area contributed by atoms with E-state index in [1.54, 1.807) is 12.1 Å². The second kappa shape index (κ2) is 11.5. The Morgan fingerprint density at radius 3 is 2.09 bits per heavy atom. The molecule has 3 amide bonds. The third kappa shape index (κ3) is 8.23. The van der Waals surface area contributed by atoms with Crippen LogP contribution in [0.5, 0.6) is 0 Å². The molecule has 5 N–H and O–H groups in total. The number of carbonyl (C=O) groups is 3.